The quantitative estimate of drug-likeness (QED) is 0.0240. The van der Waals surface area contributed by atoms with E-state index in [9.17, 15) is 48.3 Å². The molecule has 0 spiro atoms. The minimum Gasteiger partial charge on any atom is -0.481 e. The lowest BCUT2D eigenvalue weighted by Crippen LogP contribution is -2.43. The van der Waals surface area contributed by atoms with Crippen molar-refractivity contribution in [1.29, 1.82) is 0 Å². The maximum Gasteiger partial charge on any atom is 0.326 e. The molecule has 0 heterocycles. The van der Waals surface area contributed by atoms with Crippen LogP contribution in [0.25, 0.3) is 0 Å². The van der Waals surface area contributed by atoms with Crippen molar-refractivity contribution in [2.24, 2.45) is 0 Å². The lowest BCUT2D eigenvalue weighted by atomic mass is 10.0. The Labute approximate surface area is 420 Å². The molecule has 0 aromatic carbocycles. The van der Waals surface area contributed by atoms with Crippen molar-refractivity contribution >= 4 is 76.1 Å². The summed E-state index contributed by atoms with van der Waals surface area (Å²) in [7, 11) is 0. The SMILES string of the molecule is CC(=O)[C@H](CCCCNC(=O)COCCOCCNC(=O)COCCOCCNC(=O)CCC(NC(=O)CCCCCCCCCCCCCCCCC(=O)O)C(=O)O)NC(=O)C[C@@H](NI)C(=O)O. The van der Waals surface area contributed by atoms with Crippen molar-refractivity contribution in [3.63, 3.8) is 0 Å². The first-order valence-corrected chi connectivity index (χ1v) is 25.5. The molecule has 5 amide bonds. The smallest absolute Gasteiger partial charge is 0.326 e. The number of aliphatic carboxylic acids is 3. The molecule has 0 aliphatic heterocycles. The molecule has 22 nitrogen and oxygen atoms in total. The van der Waals surface area contributed by atoms with Crippen molar-refractivity contribution in [3.05, 3.63) is 0 Å². The summed E-state index contributed by atoms with van der Waals surface area (Å²) in [5.41, 5.74) is 0. The van der Waals surface area contributed by atoms with Gasteiger partial charge in [-0.15, -0.1) is 0 Å². The summed E-state index contributed by atoms with van der Waals surface area (Å²) in [5, 5.41) is 40.3. The predicted octanol–water partition coefficient (Wildman–Crippen LogP) is 3.10. The van der Waals surface area contributed by atoms with Crippen molar-refractivity contribution in [2.45, 2.75) is 166 Å². The van der Waals surface area contributed by atoms with E-state index in [0.717, 1.165) is 44.9 Å². The molecule has 1 unspecified atom stereocenters. The maximum atomic E-state index is 12.3. The number of carboxylic acid groups (broad SMARTS) is 3. The summed E-state index contributed by atoms with van der Waals surface area (Å²) >= 11 is 1.65. The number of carbonyl (C=O) groups is 9. The average molecular weight is 1100 g/mol. The molecule has 3 atom stereocenters. The number of nitrogens with one attached hydrogen (secondary N) is 6. The third-order valence-electron chi connectivity index (χ3n) is 10.6. The highest BCUT2D eigenvalue weighted by Gasteiger charge is 2.24. The Bertz CT molecular complexity index is 1480. The Morgan fingerprint density at radius 3 is 1.32 bits per heavy atom. The number of hydrogen-bond donors (Lipinski definition) is 9. The van der Waals surface area contributed by atoms with Gasteiger partial charge in [0.25, 0.3) is 0 Å². The lowest BCUT2D eigenvalue weighted by molar-refractivity contribution is -0.142. The van der Waals surface area contributed by atoms with Gasteiger partial charge in [-0.1, -0.05) is 77.0 Å². The van der Waals surface area contributed by atoms with Crippen LogP contribution in [0.1, 0.15) is 148 Å². The van der Waals surface area contributed by atoms with Gasteiger partial charge in [-0.25, -0.2) is 8.32 Å². The molecule has 69 heavy (non-hydrogen) atoms. The summed E-state index contributed by atoms with van der Waals surface area (Å²) < 4.78 is 23.8. The van der Waals surface area contributed by atoms with E-state index >= 15 is 0 Å². The van der Waals surface area contributed by atoms with Gasteiger partial charge in [-0.05, 0) is 45.4 Å². The number of carboxylic acids is 3. The van der Waals surface area contributed by atoms with Crippen LogP contribution in [0, 0.1) is 0 Å². The summed E-state index contributed by atoms with van der Waals surface area (Å²) in [6.07, 6.45) is 16.4. The Morgan fingerprint density at radius 1 is 0.420 bits per heavy atom. The maximum absolute atomic E-state index is 12.3. The van der Waals surface area contributed by atoms with Crippen LogP contribution in [0.3, 0.4) is 0 Å². The molecule has 9 N–H and O–H groups in total. The van der Waals surface area contributed by atoms with Crippen LogP contribution in [-0.4, -0.2) is 159 Å². The van der Waals surface area contributed by atoms with Crippen LogP contribution < -0.4 is 30.1 Å². The van der Waals surface area contributed by atoms with Crippen LogP contribution >= 0.6 is 22.9 Å². The molecule has 0 aliphatic carbocycles. The molecule has 0 fully saturated rings. The number of halogens is 1. The predicted molar refractivity (Wildman–Crippen MR) is 262 cm³/mol. The third kappa shape index (κ3) is 42.6. The molecule has 0 saturated heterocycles. The molecule has 0 radical (unpaired) electrons. The van der Waals surface area contributed by atoms with Crippen LogP contribution in [0.2, 0.25) is 0 Å². The molecule has 0 rings (SSSR count). The van der Waals surface area contributed by atoms with Gasteiger partial charge in [0, 0.05) is 61.8 Å². The zero-order valence-electron chi connectivity index (χ0n) is 40.6. The average Bonchev–Trinajstić information content (AvgIpc) is 3.30. The molecule has 0 aromatic rings. The van der Waals surface area contributed by atoms with Gasteiger partial charge in [0.1, 0.15) is 25.3 Å². The summed E-state index contributed by atoms with van der Waals surface area (Å²) in [5.74, 6) is -5.29. The standard InChI is InChI=1S/C46H81IN6O16/c1-35(54)36(51-41(57)32-38(53-47)46(64)65)18-16-17-23-48-42(58)33-68-30-29-67-27-25-50-43(59)34-69-31-28-66-26-24-49-39(55)22-21-37(45(62)63)52-40(56)19-14-12-10-8-6-4-2-3-5-7-9-11-13-15-20-44(60)61/h36-38,53H,2-34H2,1H3,(H,48,58)(H,49,55)(H,50,59)(H,51,57)(H,52,56)(H,60,61)(H,62,63)(H,64,65)/t36-,37?,38+/m0/s1. The van der Waals surface area contributed by atoms with Crippen LogP contribution in [0.4, 0.5) is 0 Å². The number of unbranched alkanes of at least 4 members (excludes halogenated alkanes) is 14. The first-order chi connectivity index (χ1) is 33.2. The van der Waals surface area contributed by atoms with Crippen molar-refractivity contribution in [2.75, 3.05) is 72.5 Å². The highest BCUT2D eigenvalue weighted by atomic mass is 127. The molecular weight excluding hydrogens is 1020 g/mol. The molecular formula is C46H81IN6O16. The number of ketones is 1. The van der Waals surface area contributed by atoms with Gasteiger partial charge >= 0.3 is 17.9 Å². The van der Waals surface area contributed by atoms with E-state index < -0.39 is 41.9 Å². The second-order valence-electron chi connectivity index (χ2n) is 16.7. The Balaban J connectivity index is 3.74. The fraction of sp³-hybridized carbons (Fsp3) is 0.804. The number of carbonyl (C=O) groups excluding carboxylic acids is 6. The normalized spacial score (nSPS) is 12.3. The van der Waals surface area contributed by atoms with Gasteiger partial charge in [0.05, 0.1) is 52.1 Å². The number of amides is 5. The lowest BCUT2D eigenvalue weighted by Gasteiger charge is -2.17. The minimum absolute atomic E-state index is 0.0422. The van der Waals surface area contributed by atoms with Gasteiger partial charge in [-0.3, -0.25) is 38.4 Å². The molecule has 398 valence electrons. The monoisotopic (exact) mass is 1100 g/mol. The summed E-state index contributed by atoms with van der Waals surface area (Å²) in [6, 6.07) is -2.97. The van der Waals surface area contributed by atoms with Crippen molar-refractivity contribution in [3.8, 4) is 0 Å². The first kappa shape index (κ1) is 65.0. The molecule has 0 bridgehead atoms. The fourth-order valence-electron chi connectivity index (χ4n) is 6.66. The van der Waals surface area contributed by atoms with E-state index in [1.54, 1.807) is 22.9 Å². The highest BCUT2D eigenvalue weighted by molar-refractivity contribution is 14.1. The van der Waals surface area contributed by atoms with Crippen LogP contribution in [0.15, 0.2) is 0 Å². The molecule has 0 saturated carbocycles. The zero-order valence-corrected chi connectivity index (χ0v) is 42.8. The third-order valence-corrected chi connectivity index (χ3v) is 11.3. The number of hydrogen-bond acceptors (Lipinski definition) is 14. The second-order valence-corrected chi connectivity index (χ2v) is 17.3. The summed E-state index contributed by atoms with van der Waals surface area (Å²) in [6.45, 7) is 2.80. The van der Waals surface area contributed by atoms with Gasteiger partial charge in [0.15, 0.2) is 5.78 Å². The number of ether oxygens (including phenoxy) is 4. The number of Topliss-reactive ketones (excluding diaryl/α,β-unsaturated/α-hetero) is 1. The van der Waals surface area contributed by atoms with Gasteiger partial charge in [-0.2, -0.15) is 0 Å². The fourth-order valence-corrected chi connectivity index (χ4v) is 7.14. The van der Waals surface area contributed by atoms with Gasteiger partial charge in [0.2, 0.25) is 29.5 Å². The van der Waals surface area contributed by atoms with E-state index in [1.807, 2.05) is 0 Å². The summed E-state index contributed by atoms with van der Waals surface area (Å²) in [4.78, 5) is 106. The van der Waals surface area contributed by atoms with E-state index in [-0.39, 0.29) is 127 Å². The first-order valence-electron chi connectivity index (χ1n) is 24.4. The van der Waals surface area contributed by atoms with Crippen molar-refractivity contribution in [1.82, 2.24) is 30.1 Å². The Morgan fingerprint density at radius 2 is 0.855 bits per heavy atom. The second kappa shape index (κ2) is 45.1. The van der Waals surface area contributed by atoms with Gasteiger partial charge < -0.3 is 60.9 Å². The Kier molecular flexibility index (Phi) is 42.5. The topological polar surface area (TPSA) is 323 Å². The molecule has 23 heteroatoms. The Hall–Kier alpha value is -4.04. The van der Waals surface area contributed by atoms with E-state index in [4.69, 9.17) is 29.2 Å². The van der Waals surface area contributed by atoms with E-state index in [2.05, 4.69) is 30.1 Å². The van der Waals surface area contributed by atoms with Crippen molar-refractivity contribution < 1.29 is 77.4 Å². The molecule has 0 aliphatic rings. The van der Waals surface area contributed by atoms with E-state index in [0.29, 0.717) is 32.2 Å². The minimum atomic E-state index is -1.20. The van der Waals surface area contributed by atoms with E-state index in [1.165, 1.54) is 45.4 Å². The largest absolute Gasteiger partial charge is 0.481 e. The zero-order chi connectivity index (χ0) is 51.3. The van der Waals surface area contributed by atoms with Crippen LogP contribution in [0.5, 0.6) is 0 Å². The van der Waals surface area contributed by atoms with Crippen LogP contribution in [-0.2, 0) is 62.1 Å². The highest BCUT2D eigenvalue weighted by Crippen LogP contribution is 2.14. The molecule has 0 aromatic heterocycles. The number of rotatable bonds is 49.